The molecule has 0 atom stereocenters. The molecule has 2 N–H and O–H groups in total. The van der Waals surface area contributed by atoms with E-state index >= 15 is 0 Å². The van der Waals surface area contributed by atoms with Crippen LogP contribution in [0, 0.1) is 0 Å². The molecular formula is C21H25NO5. The smallest absolute Gasteiger partial charge is 0.303 e. The molecule has 0 heterocycles. The van der Waals surface area contributed by atoms with Crippen LogP contribution >= 0.6 is 0 Å². The molecule has 6 nitrogen and oxygen atoms in total. The molecule has 6 heteroatoms. The summed E-state index contributed by atoms with van der Waals surface area (Å²) in [7, 11) is 0. The van der Waals surface area contributed by atoms with Gasteiger partial charge in [0.05, 0.1) is 19.1 Å². The lowest BCUT2D eigenvalue weighted by Crippen LogP contribution is -2.16. The van der Waals surface area contributed by atoms with Gasteiger partial charge in [-0.25, -0.2) is 0 Å². The van der Waals surface area contributed by atoms with Crippen molar-refractivity contribution in [3.8, 4) is 11.5 Å². The molecule has 0 aliphatic carbocycles. The molecule has 0 saturated heterocycles. The highest BCUT2D eigenvalue weighted by Crippen LogP contribution is 2.21. The third kappa shape index (κ3) is 7.40. The maximum atomic E-state index is 12.3. The van der Waals surface area contributed by atoms with Gasteiger partial charge < -0.3 is 19.9 Å². The van der Waals surface area contributed by atoms with Crippen molar-refractivity contribution in [3.05, 3.63) is 54.1 Å². The molecule has 0 unspecified atom stereocenters. The van der Waals surface area contributed by atoms with Gasteiger partial charge in [-0.15, -0.1) is 0 Å². The minimum absolute atomic E-state index is 0.0391. The van der Waals surface area contributed by atoms with Crippen molar-refractivity contribution in [2.24, 2.45) is 0 Å². The monoisotopic (exact) mass is 371 g/mol. The lowest BCUT2D eigenvalue weighted by atomic mass is 10.1. The van der Waals surface area contributed by atoms with Gasteiger partial charge in [0.1, 0.15) is 11.5 Å². The quantitative estimate of drug-likeness (QED) is 0.619. The van der Waals surface area contributed by atoms with Gasteiger partial charge in [0.15, 0.2) is 0 Å². The molecule has 2 rings (SSSR count). The Morgan fingerprint density at radius 1 is 1.07 bits per heavy atom. The maximum absolute atomic E-state index is 12.3. The van der Waals surface area contributed by atoms with Crippen molar-refractivity contribution in [1.29, 1.82) is 0 Å². The second-order valence-electron chi connectivity index (χ2n) is 6.37. The van der Waals surface area contributed by atoms with E-state index in [0.717, 1.165) is 5.56 Å². The maximum Gasteiger partial charge on any atom is 0.303 e. The SMILES string of the molecule is CC(C)Oc1ccccc1CC(=O)Nc1ccc(OCCCC(=O)O)cc1. The molecule has 0 aromatic heterocycles. The molecule has 0 spiro atoms. The first kappa shape index (κ1) is 20.3. The Kier molecular flexibility index (Phi) is 7.67. The summed E-state index contributed by atoms with van der Waals surface area (Å²) in [6, 6.07) is 14.5. The third-order valence-electron chi connectivity index (χ3n) is 3.63. The molecule has 2 aromatic rings. The molecule has 144 valence electrons. The van der Waals surface area contributed by atoms with Crippen molar-refractivity contribution < 1.29 is 24.2 Å². The van der Waals surface area contributed by atoms with Crippen molar-refractivity contribution >= 4 is 17.6 Å². The molecule has 1 amide bonds. The number of ether oxygens (including phenoxy) is 2. The number of carbonyl (C=O) groups is 2. The summed E-state index contributed by atoms with van der Waals surface area (Å²) in [4.78, 5) is 22.8. The lowest BCUT2D eigenvalue weighted by molar-refractivity contribution is -0.137. The molecule has 0 bridgehead atoms. The molecule has 0 saturated carbocycles. The Labute approximate surface area is 159 Å². The molecule has 0 fully saturated rings. The first-order valence-corrected chi connectivity index (χ1v) is 8.93. The van der Waals surface area contributed by atoms with Gasteiger partial charge in [-0.05, 0) is 50.6 Å². The van der Waals surface area contributed by atoms with Crippen LogP contribution in [0.2, 0.25) is 0 Å². The average molecular weight is 371 g/mol. The number of carboxylic acids is 1. The second kappa shape index (κ2) is 10.2. The number of benzene rings is 2. The number of hydrogen-bond donors (Lipinski definition) is 2. The van der Waals surface area contributed by atoms with E-state index < -0.39 is 5.97 Å². The van der Waals surface area contributed by atoms with Gasteiger partial charge in [-0.2, -0.15) is 0 Å². The van der Waals surface area contributed by atoms with E-state index in [1.54, 1.807) is 24.3 Å². The van der Waals surface area contributed by atoms with E-state index in [2.05, 4.69) is 5.32 Å². The van der Waals surface area contributed by atoms with Gasteiger partial charge >= 0.3 is 5.97 Å². The zero-order valence-electron chi connectivity index (χ0n) is 15.6. The van der Waals surface area contributed by atoms with Crippen LogP contribution in [-0.4, -0.2) is 29.7 Å². The van der Waals surface area contributed by atoms with E-state index in [1.165, 1.54) is 0 Å². The van der Waals surface area contributed by atoms with Crippen LogP contribution in [0.3, 0.4) is 0 Å². The van der Waals surface area contributed by atoms with Gasteiger partial charge in [-0.1, -0.05) is 18.2 Å². The summed E-state index contributed by atoms with van der Waals surface area (Å²) in [6.07, 6.45) is 0.787. The molecule has 0 radical (unpaired) electrons. The molecule has 27 heavy (non-hydrogen) atoms. The zero-order valence-corrected chi connectivity index (χ0v) is 15.6. The first-order valence-electron chi connectivity index (χ1n) is 8.93. The Balaban J connectivity index is 1.86. The van der Waals surface area contributed by atoms with E-state index in [-0.39, 0.29) is 24.9 Å². The Morgan fingerprint density at radius 2 is 1.78 bits per heavy atom. The van der Waals surface area contributed by atoms with E-state index in [9.17, 15) is 9.59 Å². The first-order chi connectivity index (χ1) is 12.9. The lowest BCUT2D eigenvalue weighted by Gasteiger charge is -2.14. The highest BCUT2D eigenvalue weighted by Gasteiger charge is 2.10. The summed E-state index contributed by atoms with van der Waals surface area (Å²) >= 11 is 0. The minimum Gasteiger partial charge on any atom is -0.494 e. The van der Waals surface area contributed by atoms with Crippen LogP contribution in [0.25, 0.3) is 0 Å². The standard InChI is InChI=1S/C21H25NO5/c1-15(2)27-19-7-4-3-6-16(19)14-20(23)22-17-9-11-18(12-10-17)26-13-5-8-21(24)25/h3-4,6-7,9-12,15H,5,8,13-14H2,1-2H3,(H,22,23)(H,24,25). The number of aliphatic carboxylic acids is 1. The van der Waals surface area contributed by atoms with Crippen LogP contribution in [0.15, 0.2) is 48.5 Å². The van der Waals surface area contributed by atoms with Crippen LogP contribution in [0.4, 0.5) is 5.69 Å². The fourth-order valence-corrected chi connectivity index (χ4v) is 2.44. The van der Waals surface area contributed by atoms with Crippen LogP contribution in [0.1, 0.15) is 32.3 Å². The third-order valence-corrected chi connectivity index (χ3v) is 3.63. The molecule has 0 aliphatic rings. The largest absolute Gasteiger partial charge is 0.494 e. The van der Waals surface area contributed by atoms with E-state index in [1.807, 2.05) is 38.1 Å². The summed E-state index contributed by atoms with van der Waals surface area (Å²) < 4.78 is 11.2. The Morgan fingerprint density at radius 3 is 2.44 bits per heavy atom. The normalized spacial score (nSPS) is 10.5. The average Bonchev–Trinajstić information content (AvgIpc) is 2.61. The number of anilines is 1. The second-order valence-corrected chi connectivity index (χ2v) is 6.37. The topological polar surface area (TPSA) is 84.9 Å². The number of hydrogen-bond acceptors (Lipinski definition) is 4. The molecular weight excluding hydrogens is 346 g/mol. The van der Waals surface area contributed by atoms with Crippen LogP contribution in [0.5, 0.6) is 11.5 Å². The number of para-hydroxylation sites is 1. The van der Waals surface area contributed by atoms with Crippen LogP contribution < -0.4 is 14.8 Å². The summed E-state index contributed by atoms with van der Waals surface area (Å²) in [6.45, 7) is 4.23. The van der Waals surface area contributed by atoms with Crippen molar-refractivity contribution in [3.63, 3.8) is 0 Å². The highest BCUT2D eigenvalue weighted by atomic mass is 16.5. The number of rotatable bonds is 10. The summed E-state index contributed by atoms with van der Waals surface area (Å²) in [5.41, 5.74) is 1.50. The number of carboxylic acid groups (broad SMARTS) is 1. The van der Waals surface area contributed by atoms with Gasteiger partial charge in [0, 0.05) is 17.7 Å². The Bertz CT molecular complexity index is 755. The van der Waals surface area contributed by atoms with Crippen molar-refractivity contribution in [2.45, 2.75) is 39.2 Å². The molecule has 2 aromatic carbocycles. The Hall–Kier alpha value is -3.02. The highest BCUT2D eigenvalue weighted by molar-refractivity contribution is 5.92. The summed E-state index contributed by atoms with van der Waals surface area (Å²) in [5, 5.41) is 11.4. The predicted molar refractivity (Wildman–Crippen MR) is 103 cm³/mol. The van der Waals surface area contributed by atoms with Gasteiger partial charge in [0.2, 0.25) is 5.91 Å². The molecule has 0 aliphatic heterocycles. The van der Waals surface area contributed by atoms with Crippen LogP contribution in [-0.2, 0) is 16.0 Å². The van der Waals surface area contributed by atoms with Crippen molar-refractivity contribution in [2.75, 3.05) is 11.9 Å². The van der Waals surface area contributed by atoms with Crippen molar-refractivity contribution in [1.82, 2.24) is 0 Å². The number of nitrogens with one attached hydrogen (secondary N) is 1. The van der Waals surface area contributed by atoms with E-state index in [0.29, 0.717) is 30.2 Å². The fourth-order valence-electron chi connectivity index (χ4n) is 2.44. The summed E-state index contributed by atoms with van der Waals surface area (Å²) in [5.74, 6) is 0.379. The zero-order chi connectivity index (χ0) is 19.6. The fraction of sp³-hybridized carbons (Fsp3) is 0.333. The van der Waals surface area contributed by atoms with Gasteiger partial charge in [0.25, 0.3) is 0 Å². The minimum atomic E-state index is -0.836. The van der Waals surface area contributed by atoms with E-state index in [4.69, 9.17) is 14.6 Å². The van der Waals surface area contributed by atoms with Gasteiger partial charge in [-0.3, -0.25) is 9.59 Å². The predicted octanol–water partition coefficient (Wildman–Crippen LogP) is 3.90. The number of amides is 1. The number of carbonyl (C=O) groups excluding carboxylic acids is 1.